The van der Waals surface area contributed by atoms with E-state index in [1.54, 1.807) is 0 Å². The summed E-state index contributed by atoms with van der Waals surface area (Å²) in [6.07, 6.45) is -0.918. The highest BCUT2D eigenvalue weighted by atomic mass is 32.2. The van der Waals surface area contributed by atoms with Crippen molar-refractivity contribution in [3.63, 3.8) is 0 Å². The van der Waals surface area contributed by atoms with E-state index in [4.69, 9.17) is 9.47 Å². The van der Waals surface area contributed by atoms with Crippen LogP contribution in [0.3, 0.4) is 0 Å². The Hall–Kier alpha value is -3.44. The number of esters is 1. The summed E-state index contributed by atoms with van der Waals surface area (Å²) in [5.41, 5.74) is 0.320. The molecule has 3 atom stereocenters. The third kappa shape index (κ3) is 4.04. The first-order valence-corrected chi connectivity index (χ1v) is 10.4. The minimum Gasteiger partial charge on any atom is -0.456 e. The van der Waals surface area contributed by atoms with Crippen molar-refractivity contribution in [2.45, 2.75) is 25.0 Å². The van der Waals surface area contributed by atoms with Crippen LogP contribution in [0, 0.1) is 21.8 Å². The molecule has 2 aromatic carbocycles. The van der Waals surface area contributed by atoms with Crippen LogP contribution in [0.25, 0.3) is 0 Å². The van der Waals surface area contributed by atoms with E-state index >= 15 is 0 Å². The maximum absolute atomic E-state index is 13.2. The van der Waals surface area contributed by atoms with Gasteiger partial charge in [-0.15, -0.1) is 0 Å². The lowest BCUT2D eigenvalue weighted by molar-refractivity contribution is -0.384. The van der Waals surface area contributed by atoms with Crippen LogP contribution in [0.1, 0.15) is 12.5 Å². The Kier molecular flexibility index (Phi) is 5.85. The van der Waals surface area contributed by atoms with Crippen LogP contribution in [-0.2, 0) is 20.9 Å². The molecule has 0 aromatic heterocycles. The molecule has 1 saturated heterocycles. The number of benzene rings is 2. The van der Waals surface area contributed by atoms with E-state index in [0.717, 1.165) is 11.8 Å². The number of nitrogens with zero attached hydrogens (tertiary/aromatic N) is 2. The second-order valence-electron chi connectivity index (χ2n) is 7.17. The van der Waals surface area contributed by atoms with Crippen molar-refractivity contribution in [1.29, 1.82) is 0 Å². The molecule has 11 heteroatoms. The molecule has 2 aromatic rings. The molecule has 0 radical (unpaired) electrons. The SMILES string of the molecule is C[C@@H](O)[C@H]1C(=O)N2C(C(=O)OCc3ccc([N+](=O)[O-])cc3)=C(Oc3ccc(F)cc3)SC12. The fraction of sp³-hybridized carbons (Fsp3) is 0.238. The van der Waals surface area contributed by atoms with Crippen LogP contribution in [0.15, 0.2) is 59.3 Å². The van der Waals surface area contributed by atoms with Crippen LogP contribution in [0.4, 0.5) is 10.1 Å². The number of aliphatic hydroxyl groups is 1. The maximum Gasteiger partial charge on any atom is 0.359 e. The first-order valence-electron chi connectivity index (χ1n) is 9.52. The van der Waals surface area contributed by atoms with Crippen molar-refractivity contribution >= 4 is 29.3 Å². The van der Waals surface area contributed by atoms with Gasteiger partial charge in [-0.1, -0.05) is 11.8 Å². The number of ether oxygens (including phenoxy) is 2. The number of thioether (sulfide) groups is 1. The quantitative estimate of drug-likeness (QED) is 0.290. The summed E-state index contributed by atoms with van der Waals surface area (Å²) in [5.74, 6) is -2.16. The maximum atomic E-state index is 13.2. The molecule has 4 rings (SSSR count). The minimum atomic E-state index is -0.918. The zero-order chi connectivity index (χ0) is 23.0. The molecule has 166 valence electrons. The van der Waals surface area contributed by atoms with Gasteiger partial charge < -0.3 is 14.6 Å². The average molecular weight is 460 g/mol. The highest BCUT2D eigenvalue weighted by Gasteiger charge is 2.58. The molecular formula is C21H17FN2O7S. The number of nitro groups is 1. The molecule has 0 saturated carbocycles. The van der Waals surface area contributed by atoms with Gasteiger partial charge in [-0.05, 0) is 48.9 Å². The van der Waals surface area contributed by atoms with Crippen molar-refractivity contribution in [3.05, 3.63) is 80.8 Å². The van der Waals surface area contributed by atoms with Gasteiger partial charge in [0, 0.05) is 12.1 Å². The summed E-state index contributed by atoms with van der Waals surface area (Å²) in [7, 11) is 0. The van der Waals surface area contributed by atoms with Crippen LogP contribution in [-0.4, -0.2) is 38.3 Å². The van der Waals surface area contributed by atoms with E-state index in [9.17, 15) is 29.2 Å². The van der Waals surface area contributed by atoms with Gasteiger partial charge in [0.2, 0.25) is 5.91 Å². The second kappa shape index (κ2) is 8.60. The fourth-order valence-corrected chi connectivity index (χ4v) is 4.82. The van der Waals surface area contributed by atoms with E-state index in [2.05, 4.69) is 0 Å². The topological polar surface area (TPSA) is 119 Å². The van der Waals surface area contributed by atoms with Crippen molar-refractivity contribution < 1.29 is 33.5 Å². The van der Waals surface area contributed by atoms with Crippen molar-refractivity contribution in [1.82, 2.24) is 4.90 Å². The monoisotopic (exact) mass is 460 g/mol. The lowest BCUT2D eigenvalue weighted by Gasteiger charge is -2.43. The number of halogens is 1. The molecule has 32 heavy (non-hydrogen) atoms. The molecule has 9 nitrogen and oxygen atoms in total. The Morgan fingerprint density at radius 1 is 1.25 bits per heavy atom. The third-order valence-electron chi connectivity index (χ3n) is 5.00. The van der Waals surface area contributed by atoms with Crippen LogP contribution in [0.5, 0.6) is 5.75 Å². The lowest BCUT2D eigenvalue weighted by Crippen LogP contribution is -2.60. The summed E-state index contributed by atoms with van der Waals surface area (Å²) in [6.45, 7) is 1.31. The number of aliphatic hydroxyl groups excluding tert-OH is 1. The number of hydrogen-bond donors (Lipinski definition) is 1. The van der Waals surface area contributed by atoms with Gasteiger partial charge in [-0.25, -0.2) is 9.18 Å². The summed E-state index contributed by atoms with van der Waals surface area (Å²) < 4.78 is 24.3. The average Bonchev–Trinajstić information content (AvgIpc) is 3.07. The summed E-state index contributed by atoms with van der Waals surface area (Å²) in [4.78, 5) is 36.9. The van der Waals surface area contributed by atoms with Gasteiger partial charge in [-0.2, -0.15) is 0 Å². The number of hydrogen-bond acceptors (Lipinski definition) is 8. The van der Waals surface area contributed by atoms with Gasteiger partial charge >= 0.3 is 5.97 Å². The Balaban J connectivity index is 1.54. The summed E-state index contributed by atoms with van der Waals surface area (Å²) in [6, 6.07) is 10.7. The smallest absolute Gasteiger partial charge is 0.359 e. The highest BCUT2D eigenvalue weighted by molar-refractivity contribution is 8.03. The van der Waals surface area contributed by atoms with E-state index in [0.29, 0.717) is 5.56 Å². The molecule has 1 fully saturated rings. The third-order valence-corrected chi connectivity index (χ3v) is 6.24. The number of carbonyl (C=O) groups excluding carboxylic acids is 2. The summed E-state index contributed by atoms with van der Waals surface area (Å²) >= 11 is 1.10. The Morgan fingerprint density at radius 2 is 1.91 bits per heavy atom. The first-order chi connectivity index (χ1) is 15.3. The Bertz CT molecular complexity index is 1100. The van der Waals surface area contributed by atoms with Crippen LogP contribution < -0.4 is 4.74 Å². The molecule has 1 unspecified atom stereocenters. The van der Waals surface area contributed by atoms with Gasteiger partial charge in [0.1, 0.15) is 23.5 Å². The largest absolute Gasteiger partial charge is 0.456 e. The van der Waals surface area contributed by atoms with Crippen molar-refractivity contribution in [2.75, 3.05) is 0 Å². The zero-order valence-electron chi connectivity index (χ0n) is 16.6. The molecule has 2 aliphatic rings. The first kappa shape index (κ1) is 21.8. The molecule has 2 aliphatic heterocycles. The molecule has 0 aliphatic carbocycles. The number of β-lactam (4-membered cyclic amide) rings is 1. The Labute approximate surface area is 185 Å². The predicted molar refractivity (Wildman–Crippen MR) is 110 cm³/mol. The predicted octanol–water partition coefficient (Wildman–Crippen LogP) is 2.94. The molecular weight excluding hydrogens is 443 g/mol. The van der Waals surface area contributed by atoms with E-state index in [1.165, 1.54) is 60.4 Å². The lowest BCUT2D eigenvalue weighted by atomic mass is 9.92. The molecule has 0 bridgehead atoms. The van der Waals surface area contributed by atoms with Gasteiger partial charge in [-0.3, -0.25) is 19.8 Å². The van der Waals surface area contributed by atoms with E-state index in [1.807, 2.05) is 0 Å². The van der Waals surface area contributed by atoms with Gasteiger partial charge in [0.25, 0.3) is 5.69 Å². The van der Waals surface area contributed by atoms with Crippen molar-refractivity contribution in [2.24, 2.45) is 5.92 Å². The standard InChI is InChI=1S/C21H17FN2O7S/c1-11(25)16-18(26)23-17(20(27)30-10-12-2-6-14(7-3-12)24(28)29)21(32-19(16)23)31-15-8-4-13(22)5-9-15/h2-9,11,16,19,25H,10H2,1H3/t11-,16+,19?/m1/s1. The molecule has 1 amide bonds. The van der Waals surface area contributed by atoms with Gasteiger partial charge in [0.05, 0.1) is 16.9 Å². The number of non-ortho nitro benzene ring substituents is 1. The fourth-order valence-electron chi connectivity index (χ4n) is 3.35. The zero-order valence-corrected chi connectivity index (χ0v) is 17.5. The van der Waals surface area contributed by atoms with Crippen LogP contribution >= 0.6 is 11.8 Å². The van der Waals surface area contributed by atoms with Crippen molar-refractivity contribution in [3.8, 4) is 5.75 Å². The van der Waals surface area contributed by atoms with E-state index in [-0.39, 0.29) is 28.8 Å². The molecule has 2 heterocycles. The normalized spacial score (nSPS) is 20.5. The second-order valence-corrected chi connectivity index (χ2v) is 8.26. The Morgan fingerprint density at radius 3 is 2.50 bits per heavy atom. The number of carbonyl (C=O) groups is 2. The van der Waals surface area contributed by atoms with E-state index < -0.39 is 40.0 Å². The number of nitro benzene ring substituents is 1. The number of rotatable bonds is 7. The number of amides is 1. The van der Waals surface area contributed by atoms with Crippen LogP contribution in [0.2, 0.25) is 0 Å². The molecule has 0 spiro atoms. The number of fused-ring (bicyclic) bond motifs is 1. The highest BCUT2D eigenvalue weighted by Crippen LogP contribution is 2.50. The molecule has 1 N–H and O–H groups in total. The van der Waals surface area contributed by atoms with Gasteiger partial charge in [0.15, 0.2) is 10.8 Å². The summed E-state index contributed by atoms with van der Waals surface area (Å²) in [5, 5.41) is 20.2. The minimum absolute atomic E-state index is 0.0943.